The quantitative estimate of drug-likeness (QED) is 0.760. The zero-order valence-corrected chi connectivity index (χ0v) is 9.74. The lowest BCUT2D eigenvalue weighted by Gasteiger charge is -2.22. The molecule has 1 aromatic carbocycles. The third kappa shape index (κ3) is 2.52. The highest BCUT2D eigenvalue weighted by Crippen LogP contribution is 2.33. The molecule has 0 aliphatic heterocycles. The van der Waals surface area contributed by atoms with Gasteiger partial charge in [-0.15, -0.1) is 0 Å². The molecule has 0 unspecified atom stereocenters. The summed E-state index contributed by atoms with van der Waals surface area (Å²) in [6.07, 6.45) is 0. The van der Waals surface area contributed by atoms with Crippen molar-refractivity contribution in [2.75, 3.05) is 6.61 Å². The molecule has 0 saturated heterocycles. The van der Waals surface area contributed by atoms with Crippen LogP contribution in [0.4, 0.5) is 0 Å². The molecule has 1 aromatic rings. The summed E-state index contributed by atoms with van der Waals surface area (Å²) >= 11 is 0. The first-order chi connectivity index (χ1) is 7.50. The van der Waals surface area contributed by atoms with Crippen LogP contribution in [-0.4, -0.2) is 6.61 Å². The average molecular weight is 214 g/mol. The number of hydrogen-bond donors (Lipinski definition) is 0. The van der Waals surface area contributed by atoms with Gasteiger partial charge in [-0.3, -0.25) is 0 Å². The zero-order valence-electron chi connectivity index (χ0n) is 9.74. The van der Waals surface area contributed by atoms with Gasteiger partial charge < -0.3 is 4.74 Å². The third-order valence-corrected chi connectivity index (χ3v) is 2.22. The Hall–Kier alpha value is -2.00. The molecule has 0 bridgehead atoms. The fourth-order valence-electron chi connectivity index (χ4n) is 1.48. The van der Waals surface area contributed by atoms with Crippen molar-refractivity contribution in [3.8, 4) is 17.9 Å². The van der Waals surface area contributed by atoms with Gasteiger partial charge in [0.1, 0.15) is 17.9 Å². The van der Waals surface area contributed by atoms with Gasteiger partial charge in [-0.2, -0.15) is 10.5 Å². The van der Waals surface area contributed by atoms with Crippen molar-refractivity contribution in [2.24, 2.45) is 0 Å². The number of hydrogen-bond acceptors (Lipinski definition) is 3. The first kappa shape index (κ1) is 12.1. The normalized spacial score (nSPS) is 10.3. The van der Waals surface area contributed by atoms with Crippen LogP contribution in [-0.2, 0) is 5.41 Å². The highest BCUT2D eigenvalue weighted by molar-refractivity contribution is 5.51. The Morgan fingerprint density at radius 2 is 1.94 bits per heavy atom. The minimum absolute atomic E-state index is 0.0399. The number of ether oxygens (including phenoxy) is 1. The molecule has 0 spiro atoms. The van der Waals surface area contributed by atoms with E-state index in [1.807, 2.05) is 39.0 Å². The van der Waals surface area contributed by atoms with E-state index in [0.29, 0.717) is 11.3 Å². The lowest BCUT2D eigenvalue weighted by Crippen LogP contribution is -2.14. The second-order valence-electron chi connectivity index (χ2n) is 4.49. The van der Waals surface area contributed by atoms with E-state index in [4.69, 9.17) is 15.3 Å². The summed E-state index contributed by atoms with van der Waals surface area (Å²) in [5, 5.41) is 17.5. The predicted molar refractivity (Wildman–Crippen MR) is 61.0 cm³/mol. The fourth-order valence-corrected chi connectivity index (χ4v) is 1.48. The molecule has 1 rings (SSSR count). The Kier molecular flexibility index (Phi) is 3.53. The lowest BCUT2D eigenvalue weighted by molar-refractivity contribution is 0.354. The number of benzene rings is 1. The Bertz CT molecular complexity index is 458. The molecule has 0 amide bonds. The number of para-hydroxylation sites is 1. The highest BCUT2D eigenvalue weighted by atomic mass is 16.5. The largest absolute Gasteiger partial charge is 0.477 e. The van der Waals surface area contributed by atoms with Gasteiger partial charge in [-0.1, -0.05) is 32.9 Å². The van der Waals surface area contributed by atoms with E-state index in [1.165, 1.54) is 0 Å². The van der Waals surface area contributed by atoms with Crippen molar-refractivity contribution < 1.29 is 4.74 Å². The maximum Gasteiger partial charge on any atom is 0.174 e. The van der Waals surface area contributed by atoms with E-state index in [1.54, 1.807) is 6.07 Å². The summed E-state index contributed by atoms with van der Waals surface area (Å²) in [4.78, 5) is 0. The van der Waals surface area contributed by atoms with Crippen molar-refractivity contribution in [2.45, 2.75) is 26.2 Å². The summed E-state index contributed by atoms with van der Waals surface area (Å²) in [6, 6.07) is 9.45. The van der Waals surface area contributed by atoms with Crippen molar-refractivity contribution in [3.63, 3.8) is 0 Å². The summed E-state index contributed by atoms with van der Waals surface area (Å²) in [7, 11) is 0. The van der Waals surface area contributed by atoms with Crippen LogP contribution in [0, 0.1) is 22.7 Å². The summed E-state index contributed by atoms with van der Waals surface area (Å²) in [6.45, 7) is 6.09. The molecule has 0 heterocycles. The van der Waals surface area contributed by atoms with E-state index < -0.39 is 0 Å². The van der Waals surface area contributed by atoms with Crippen LogP contribution in [0.2, 0.25) is 0 Å². The van der Waals surface area contributed by atoms with Gasteiger partial charge in [0.2, 0.25) is 0 Å². The molecule has 0 aromatic heterocycles. The third-order valence-electron chi connectivity index (χ3n) is 2.22. The average Bonchev–Trinajstić information content (AvgIpc) is 2.24. The standard InChI is InChI=1S/C13H14N2O/c1-13(2,3)11-6-4-5-10(9-15)12(11)16-8-7-14/h4-6H,8H2,1-3H3. The Morgan fingerprint density at radius 3 is 2.44 bits per heavy atom. The van der Waals surface area contributed by atoms with Crippen LogP contribution in [0.3, 0.4) is 0 Å². The Morgan fingerprint density at radius 1 is 1.25 bits per heavy atom. The maximum atomic E-state index is 9.00. The van der Waals surface area contributed by atoms with Crippen molar-refractivity contribution in [1.82, 2.24) is 0 Å². The van der Waals surface area contributed by atoms with Crippen LogP contribution in [0.15, 0.2) is 18.2 Å². The second kappa shape index (κ2) is 4.68. The molecule has 82 valence electrons. The topological polar surface area (TPSA) is 56.8 Å². The van der Waals surface area contributed by atoms with Crippen molar-refractivity contribution in [3.05, 3.63) is 29.3 Å². The maximum absolute atomic E-state index is 9.00. The summed E-state index contributed by atoms with van der Waals surface area (Å²) < 4.78 is 5.35. The van der Waals surface area contributed by atoms with E-state index in [2.05, 4.69) is 6.07 Å². The van der Waals surface area contributed by atoms with Crippen LogP contribution < -0.4 is 4.74 Å². The summed E-state index contributed by atoms with van der Waals surface area (Å²) in [5.41, 5.74) is 1.31. The molecule has 0 aliphatic carbocycles. The minimum atomic E-state index is -0.113. The fraction of sp³-hybridized carbons (Fsp3) is 0.385. The number of rotatable bonds is 2. The molecule has 16 heavy (non-hydrogen) atoms. The zero-order chi connectivity index (χ0) is 12.2. The van der Waals surface area contributed by atoms with E-state index in [9.17, 15) is 0 Å². The van der Waals surface area contributed by atoms with Gasteiger partial charge in [0.15, 0.2) is 6.61 Å². The SMILES string of the molecule is CC(C)(C)c1cccc(C#N)c1OCC#N. The number of nitrogens with zero attached hydrogens (tertiary/aromatic N) is 2. The smallest absolute Gasteiger partial charge is 0.174 e. The predicted octanol–water partition coefficient (Wildman–Crippen LogP) is 2.76. The molecular formula is C13H14N2O. The highest BCUT2D eigenvalue weighted by Gasteiger charge is 2.21. The van der Waals surface area contributed by atoms with Gasteiger partial charge in [0.25, 0.3) is 0 Å². The molecular weight excluding hydrogens is 200 g/mol. The lowest BCUT2D eigenvalue weighted by atomic mass is 9.85. The molecule has 3 nitrogen and oxygen atoms in total. The van der Waals surface area contributed by atoms with Gasteiger partial charge in [0, 0.05) is 5.56 Å². The van der Waals surface area contributed by atoms with Crippen LogP contribution >= 0.6 is 0 Å². The molecule has 0 radical (unpaired) electrons. The number of nitriles is 2. The molecule has 0 fully saturated rings. The molecule has 0 saturated carbocycles. The van der Waals surface area contributed by atoms with Gasteiger partial charge in [-0.05, 0) is 11.5 Å². The Labute approximate surface area is 95.9 Å². The molecule has 3 heteroatoms. The molecule has 0 atom stereocenters. The first-order valence-corrected chi connectivity index (χ1v) is 5.04. The van der Waals surface area contributed by atoms with Crippen LogP contribution in [0.1, 0.15) is 31.9 Å². The van der Waals surface area contributed by atoms with E-state index in [0.717, 1.165) is 5.56 Å². The minimum Gasteiger partial charge on any atom is -0.477 e. The van der Waals surface area contributed by atoms with Gasteiger partial charge in [-0.25, -0.2) is 0 Å². The van der Waals surface area contributed by atoms with Gasteiger partial charge >= 0.3 is 0 Å². The molecule has 0 N–H and O–H groups in total. The Balaban J connectivity index is 3.29. The van der Waals surface area contributed by atoms with Crippen LogP contribution in [0.5, 0.6) is 5.75 Å². The first-order valence-electron chi connectivity index (χ1n) is 5.04. The van der Waals surface area contributed by atoms with Crippen molar-refractivity contribution in [1.29, 1.82) is 10.5 Å². The van der Waals surface area contributed by atoms with Gasteiger partial charge in [0.05, 0.1) is 5.56 Å². The van der Waals surface area contributed by atoms with Crippen LogP contribution in [0.25, 0.3) is 0 Å². The van der Waals surface area contributed by atoms with Crippen molar-refractivity contribution >= 4 is 0 Å². The molecule has 0 aliphatic rings. The monoisotopic (exact) mass is 214 g/mol. The summed E-state index contributed by atoms with van der Waals surface area (Å²) in [5.74, 6) is 0.527. The van der Waals surface area contributed by atoms with E-state index >= 15 is 0 Å². The second-order valence-corrected chi connectivity index (χ2v) is 4.49. The van der Waals surface area contributed by atoms with E-state index in [-0.39, 0.29) is 12.0 Å².